The zero-order valence-corrected chi connectivity index (χ0v) is 17.5. The Bertz CT molecular complexity index is 1150. The fourth-order valence-electron chi connectivity index (χ4n) is 3.37. The van der Waals surface area contributed by atoms with Crippen LogP contribution in [0.1, 0.15) is 43.6 Å². The van der Waals surface area contributed by atoms with Crippen LogP contribution < -0.4 is 4.74 Å². The van der Waals surface area contributed by atoms with Gasteiger partial charge in [0, 0.05) is 5.69 Å². The summed E-state index contributed by atoms with van der Waals surface area (Å²) >= 11 is 0. The van der Waals surface area contributed by atoms with E-state index in [2.05, 4.69) is 39.9 Å². The lowest BCUT2D eigenvalue weighted by Crippen LogP contribution is -2.05. The molecule has 152 valence electrons. The van der Waals surface area contributed by atoms with Gasteiger partial charge in [-0.3, -0.25) is 4.57 Å². The van der Waals surface area contributed by atoms with Gasteiger partial charge in [0.1, 0.15) is 12.1 Å². The van der Waals surface area contributed by atoms with Crippen LogP contribution in [0.2, 0.25) is 0 Å². The first-order valence-corrected chi connectivity index (χ1v) is 10.2. The van der Waals surface area contributed by atoms with Gasteiger partial charge in [-0.25, -0.2) is 4.98 Å². The van der Waals surface area contributed by atoms with Crippen LogP contribution in [-0.4, -0.2) is 20.8 Å². The van der Waals surface area contributed by atoms with E-state index in [4.69, 9.17) is 4.74 Å². The van der Waals surface area contributed by atoms with Gasteiger partial charge in [-0.05, 0) is 73.9 Å². The van der Waals surface area contributed by atoms with Gasteiger partial charge in [0.2, 0.25) is 0 Å². The Balaban J connectivity index is 1.54. The number of aliphatic hydroxyl groups is 1. The number of ether oxygens (including phenoxy) is 1. The highest BCUT2D eigenvalue weighted by atomic mass is 16.5. The Morgan fingerprint density at radius 3 is 2.20 bits per heavy atom. The Morgan fingerprint density at radius 1 is 0.867 bits per heavy atom. The van der Waals surface area contributed by atoms with Gasteiger partial charge in [-0.15, -0.1) is 0 Å². The molecule has 4 aromatic rings. The van der Waals surface area contributed by atoms with E-state index in [-0.39, 0.29) is 6.10 Å². The van der Waals surface area contributed by atoms with Crippen LogP contribution in [0.3, 0.4) is 0 Å². The second-order valence-corrected chi connectivity index (χ2v) is 7.70. The fourth-order valence-corrected chi connectivity index (χ4v) is 3.37. The highest BCUT2D eigenvalue weighted by Crippen LogP contribution is 2.23. The average molecular weight is 399 g/mol. The van der Waals surface area contributed by atoms with Crippen molar-refractivity contribution in [2.75, 3.05) is 0 Å². The van der Waals surface area contributed by atoms with E-state index in [0.29, 0.717) is 0 Å². The molecule has 0 amide bonds. The molecule has 1 N–H and O–H groups in total. The lowest BCUT2D eigenvalue weighted by atomic mass is 10.1. The van der Waals surface area contributed by atoms with Gasteiger partial charge in [-0.2, -0.15) is 0 Å². The van der Waals surface area contributed by atoms with Crippen molar-refractivity contribution in [2.45, 2.75) is 33.0 Å². The lowest BCUT2D eigenvalue weighted by Gasteiger charge is -2.10. The summed E-state index contributed by atoms with van der Waals surface area (Å²) in [6.07, 6.45) is 5.71. The van der Waals surface area contributed by atoms with Crippen LogP contribution in [0.4, 0.5) is 0 Å². The number of aromatic nitrogens is 2. The molecular formula is C26H26N2O2. The molecule has 0 saturated carbocycles. The van der Waals surface area contributed by atoms with Gasteiger partial charge >= 0.3 is 0 Å². The number of hydrogen-bond acceptors (Lipinski definition) is 3. The minimum absolute atomic E-state index is 0.160. The van der Waals surface area contributed by atoms with Crippen molar-refractivity contribution < 1.29 is 9.84 Å². The number of fused-ring (bicyclic) bond motifs is 1. The van der Waals surface area contributed by atoms with Crippen LogP contribution >= 0.6 is 0 Å². The third kappa shape index (κ3) is 4.44. The van der Waals surface area contributed by atoms with Crippen molar-refractivity contribution >= 4 is 23.2 Å². The van der Waals surface area contributed by atoms with Crippen LogP contribution in [0.25, 0.3) is 28.9 Å². The maximum Gasteiger partial charge on any atom is 0.119 e. The van der Waals surface area contributed by atoms with Gasteiger partial charge in [0.15, 0.2) is 0 Å². The third-order valence-corrected chi connectivity index (χ3v) is 4.95. The minimum Gasteiger partial charge on any atom is -0.491 e. The zero-order chi connectivity index (χ0) is 21.1. The molecule has 0 aliphatic rings. The molecule has 1 unspecified atom stereocenters. The molecule has 0 saturated heterocycles. The molecule has 4 heteroatoms. The maximum atomic E-state index is 9.62. The number of benzene rings is 3. The molecule has 3 aromatic carbocycles. The van der Waals surface area contributed by atoms with Gasteiger partial charge < -0.3 is 9.84 Å². The van der Waals surface area contributed by atoms with E-state index in [1.54, 1.807) is 6.92 Å². The summed E-state index contributed by atoms with van der Waals surface area (Å²) in [6.45, 7) is 5.81. The quantitative estimate of drug-likeness (QED) is 0.403. The lowest BCUT2D eigenvalue weighted by molar-refractivity contribution is 0.199. The van der Waals surface area contributed by atoms with Gasteiger partial charge in [-0.1, -0.05) is 42.5 Å². The molecule has 0 aliphatic heterocycles. The van der Waals surface area contributed by atoms with Crippen molar-refractivity contribution in [1.82, 2.24) is 9.55 Å². The first-order chi connectivity index (χ1) is 14.5. The van der Waals surface area contributed by atoms with Crippen LogP contribution in [0, 0.1) is 0 Å². The van der Waals surface area contributed by atoms with Crippen LogP contribution in [0.5, 0.6) is 5.75 Å². The molecule has 30 heavy (non-hydrogen) atoms. The predicted molar refractivity (Wildman–Crippen MR) is 123 cm³/mol. The molecule has 1 heterocycles. The first kappa shape index (κ1) is 19.9. The number of hydrogen-bond donors (Lipinski definition) is 1. The summed E-state index contributed by atoms with van der Waals surface area (Å²) in [5, 5.41) is 9.62. The average Bonchev–Trinajstić information content (AvgIpc) is 3.16. The fraction of sp³-hybridized carbons (Fsp3) is 0.192. The molecule has 0 bridgehead atoms. The molecular weight excluding hydrogens is 372 g/mol. The number of aliphatic hydroxyl groups excluding tert-OH is 1. The van der Waals surface area contributed by atoms with Crippen molar-refractivity contribution in [1.29, 1.82) is 0 Å². The smallest absolute Gasteiger partial charge is 0.119 e. The van der Waals surface area contributed by atoms with E-state index in [9.17, 15) is 5.11 Å². The Kier molecular flexibility index (Phi) is 5.68. The Morgan fingerprint density at radius 2 is 1.53 bits per heavy atom. The summed E-state index contributed by atoms with van der Waals surface area (Å²) in [5.74, 6) is 0.868. The Hall–Kier alpha value is -3.37. The largest absolute Gasteiger partial charge is 0.491 e. The highest BCUT2D eigenvalue weighted by Gasteiger charge is 2.06. The molecule has 4 nitrogen and oxygen atoms in total. The zero-order valence-electron chi connectivity index (χ0n) is 17.5. The van der Waals surface area contributed by atoms with E-state index in [1.807, 2.05) is 68.7 Å². The summed E-state index contributed by atoms with van der Waals surface area (Å²) in [6, 6.07) is 22.3. The Labute approximate surface area is 177 Å². The monoisotopic (exact) mass is 398 g/mol. The number of rotatable bonds is 6. The van der Waals surface area contributed by atoms with Crippen molar-refractivity contribution in [3.05, 3.63) is 89.7 Å². The maximum absolute atomic E-state index is 9.62. The summed E-state index contributed by atoms with van der Waals surface area (Å²) in [7, 11) is 0. The second-order valence-electron chi connectivity index (χ2n) is 7.70. The van der Waals surface area contributed by atoms with Gasteiger partial charge in [0.05, 0.1) is 23.2 Å². The molecule has 0 spiro atoms. The summed E-state index contributed by atoms with van der Waals surface area (Å²) < 4.78 is 7.81. The SMILES string of the molecule is CC(C)Oc1ccc(-n2cnc3cc(C=Cc4ccc(C(C)O)cc4)ccc32)cc1. The normalized spacial score (nSPS) is 12.7. The van der Waals surface area contributed by atoms with Crippen LogP contribution in [-0.2, 0) is 0 Å². The topological polar surface area (TPSA) is 47.3 Å². The van der Waals surface area contributed by atoms with Crippen molar-refractivity contribution in [3.63, 3.8) is 0 Å². The van der Waals surface area contributed by atoms with E-state index < -0.39 is 6.10 Å². The predicted octanol–water partition coefficient (Wildman–Crippen LogP) is 6.04. The van der Waals surface area contributed by atoms with Gasteiger partial charge in [0.25, 0.3) is 0 Å². The van der Waals surface area contributed by atoms with Crippen LogP contribution in [0.15, 0.2) is 73.1 Å². The minimum atomic E-state index is -0.445. The second kappa shape index (κ2) is 8.56. The third-order valence-electron chi connectivity index (χ3n) is 4.95. The molecule has 1 atom stereocenters. The van der Waals surface area contributed by atoms with E-state index in [1.165, 1.54) is 0 Å². The number of nitrogens with zero attached hydrogens (tertiary/aromatic N) is 2. The standard InChI is InChI=1S/C26H26N2O2/c1-18(2)30-24-13-11-23(12-14-24)28-17-27-25-16-21(8-15-26(25)28)5-4-20-6-9-22(10-7-20)19(3)29/h4-19,29H,1-3H3. The molecule has 4 rings (SSSR count). The van der Waals surface area contributed by atoms with Crippen molar-refractivity contribution in [2.24, 2.45) is 0 Å². The summed E-state index contributed by atoms with van der Waals surface area (Å²) in [4.78, 5) is 4.58. The van der Waals surface area contributed by atoms with Crippen molar-refractivity contribution in [3.8, 4) is 11.4 Å². The molecule has 0 radical (unpaired) electrons. The molecule has 1 aromatic heterocycles. The summed E-state index contributed by atoms with van der Waals surface area (Å²) in [5.41, 5.74) is 6.16. The van der Waals surface area contributed by atoms with E-state index in [0.717, 1.165) is 39.2 Å². The molecule has 0 aliphatic carbocycles. The molecule has 0 fully saturated rings. The van der Waals surface area contributed by atoms with E-state index >= 15 is 0 Å². The number of imidazole rings is 1. The first-order valence-electron chi connectivity index (χ1n) is 10.2. The highest BCUT2D eigenvalue weighted by molar-refractivity contribution is 5.82.